The first-order chi connectivity index (χ1) is 10.5. The monoisotopic (exact) mass is 309 g/mol. The summed E-state index contributed by atoms with van der Waals surface area (Å²) in [5, 5.41) is 8.42. The molecule has 3 rings (SSSR count). The molecule has 1 aliphatic rings. The molecule has 2 heterocycles. The second-order valence-electron chi connectivity index (χ2n) is 5.38. The molecule has 0 atom stereocenters. The first-order valence-corrected chi connectivity index (χ1v) is 7.03. The van der Waals surface area contributed by atoms with Crippen molar-refractivity contribution < 1.29 is 18.0 Å². The number of fused-ring (bicyclic) bond motifs is 1. The Morgan fingerprint density at radius 3 is 2.55 bits per heavy atom. The first kappa shape index (κ1) is 14.7. The van der Waals surface area contributed by atoms with Crippen LogP contribution in [0.25, 0.3) is 10.9 Å². The lowest BCUT2D eigenvalue weighted by Crippen LogP contribution is -2.42. The molecular formula is C15H14F3N3O. The van der Waals surface area contributed by atoms with E-state index in [2.05, 4.69) is 10.2 Å². The average Bonchev–Trinajstić information content (AvgIpc) is 2.53. The molecule has 4 nitrogen and oxygen atoms in total. The SMILES string of the molecule is O=C(c1cnnc2ccccc12)N1CCC(C(F)(F)F)CC1. The summed E-state index contributed by atoms with van der Waals surface area (Å²) in [6.07, 6.45) is -2.90. The van der Waals surface area contributed by atoms with Crippen LogP contribution in [0.5, 0.6) is 0 Å². The molecule has 1 aromatic carbocycles. The number of piperidine rings is 1. The van der Waals surface area contributed by atoms with Crippen LogP contribution in [0, 0.1) is 5.92 Å². The van der Waals surface area contributed by atoms with Crippen LogP contribution in [-0.4, -0.2) is 40.3 Å². The van der Waals surface area contributed by atoms with Crippen molar-refractivity contribution in [3.63, 3.8) is 0 Å². The molecule has 0 bridgehead atoms. The van der Waals surface area contributed by atoms with Crippen molar-refractivity contribution in [1.29, 1.82) is 0 Å². The molecule has 22 heavy (non-hydrogen) atoms. The Morgan fingerprint density at radius 2 is 1.86 bits per heavy atom. The van der Waals surface area contributed by atoms with E-state index in [0.29, 0.717) is 16.5 Å². The first-order valence-electron chi connectivity index (χ1n) is 7.03. The number of likely N-dealkylation sites (tertiary alicyclic amines) is 1. The Labute approximate surface area is 124 Å². The zero-order valence-corrected chi connectivity index (χ0v) is 11.7. The normalized spacial score (nSPS) is 17.0. The lowest BCUT2D eigenvalue weighted by atomic mass is 9.95. The number of aromatic nitrogens is 2. The van der Waals surface area contributed by atoms with E-state index in [9.17, 15) is 18.0 Å². The van der Waals surface area contributed by atoms with Crippen LogP contribution in [0.3, 0.4) is 0 Å². The molecular weight excluding hydrogens is 295 g/mol. The van der Waals surface area contributed by atoms with Crippen molar-refractivity contribution in [3.05, 3.63) is 36.0 Å². The van der Waals surface area contributed by atoms with Crippen molar-refractivity contribution >= 4 is 16.8 Å². The van der Waals surface area contributed by atoms with Gasteiger partial charge in [-0.25, -0.2) is 0 Å². The molecule has 0 aliphatic carbocycles. The third-order valence-corrected chi connectivity index (χ3v) is 4.02. The molecule has 1 aliphatic heterocycles. The summed E-state index contributed by atoms with van der Waals surface area (Å²) in [4.78, 5) is 14.0. The van der Waals surface area contributed by atoms with Crippen molar-refractivity contribution in [2.24, 2.45) is 5.92 Å². The highest BCUT2D eigenvalue weighted by Gasteiger charge is 2.41. The second-order valence-corrected chi connectivity index (χ2v) is 5.38. The maximum absolute atomic E-state index is 12.7. The van der Waals surface area contributed by atoms with Crippen LogP contribution in [0.2, 0.25) is 0 Å². The largest absolute Gasteiger partial charge is 0.391 e. The zero-order chi connectivity index (χ0) is 15.7. The number of halogens is 3. The number of alkyl halides is 3. The summed E-state index contributed by atoms with van der Waals surface area (Å²) in [6.45, 7) is 0.222. The number of carbonyl (C=O) groups excluding carboxylic acids is 1. The number of amides is 1. The Kier molecular flexibility index (Phi) is 3.72. The number of benzene rings is 1. The van der Waals surface area contributed by atoms with Gasteiger partial charge in [0.15, 0.2) is 0 Å². The molecule has 0 saturated carbocycles. The molecule has 1 amide bonds. The minimum atomic E-state index is -4.18. The summed E-state index contributed by atoms with van der Waals surface area (Å²) in [5.74, 6) is -1.60. The highest BCUT2D eigenvalue weighted by atomic mass is 19.4. The topological polar surface area (TPSA) is 46.1 Å². The van der Waals surface area contributed by atoms with Gasteiger partial charge >= 0.3 is 6.18 Å². The van der Waals surface area contributed by atoms with E-state index in [-0.39, 0.29) is 31.8 Å². The highest BCUT2D eigenvalue weighted by molar-refractivity contribution is 6.05. The van der Waals surface area contributed by atoms with Crippen molar-refractivity contribution in [2.45, 2.75) is 19.0 Å². The third-order valence-electron chi connectivity index (χ3n) is 4.02. The molecule has 1 saturated heterocycles. The quantitative estimate of drug-likeness (QED) is 0.813. The van der Waals surface area contributed by atoms with E-state index < -0.39 is 12.1 Å². The van der Waals surface area contributed by atoms with E-state index in [1.165, 1.54) is 11.1 Å². The smallest absolute Gasteiger partial charge is 0.339 e. The summed E-state index contributed by atoms with van der Waals surface area (Å²) in [5.41, 5.74) is 0.981. The van der Waals surface area contributed by atoms with Gasteiger partial charge in [-0.1, -0.05) is 18.2 Å². The fourth-order valence-electron chi connectivity index (χ4n) is 2.76. The van der Waals surface area contributed by atoms with Crippen LogP contribution >= 0.6 is 0 Å². The van der Waals surface area contributed by atoms with E-state index >= 15 is 0 Å². The zero-order valence-electron chi connectivity index (χ0n) is 11.7. The van der Waals surface area contributed by atoms with Crippen LogP contribution in [0.15, 0.2) is 30.5 Å². The lowest BCUT2D eigenvalue weighted by molar-refractivity contribution is -0.183. The Bertz CT molecular complexity index is 688. The van der Waals surface area contributed by atoms with Gasteiger partial charge in [0.25, 0.3) is 5.91 Å². The number of rotatable bonds is 1. The number of hydrogen-bond donors (Lipinski definition) is 0. The molecule has 1 aromatic heterocycles. The minimum Gasteiger partial charge on any atom is -0.339 e. The average molecular weight is 309 g/mol. The summed E-state index contributed by atoms with van der Waals surface area (Å²) >= 11 is 0. The molecule has 2 aromatic rings. The third kappa shape index (κ3) is 2.75. The van der Waals surface area contributed by atoms with Crippen LogP contribution < -0.4 is 0 Å². The van der Waals surface area contributed by atoms with Crippen molar-refractivity contribution in [3.8, 4) is 0 Å². The summed E-state index contributed by atoms with van der Waals surface area (Å²) in [7, 11) is 0. The highest BCUT2D eigenvalue weighted by Crippen LogP contribution is 2.34. The Balaban J connectivity index is 1.80. The Morgan fingerprint density at radius 1 is 1.18 bits per heavy atom. The summed E-state index contributed by atoms with van der Waals surface area (Å²) < 4.78 is 38.0. The number of nitrogens with zero attached hydrogens (tertiary/aromatic N) is 3. The molecule has 1 fully saturated rings. The van der Waals surface area contributed by atoms with Gasteiger partial charge < -0.3 is 4.90 Å². The van der Waals surface area contributed by atoms with E-state index in [4.69, 9.17) is 0 Å². The Hall–Kier alpha value is -2.18. The molecule has 7 heteroatoms. The van der Waals surface area contributed by atoms with Gasteiger partial charge in [-0.2, -0.15) is 23.4 Å². The van der Waals surface area contributed by atoms with Gasteiger partial charge in [0, 0.05) is 18.5 Å². The fraction of sp³-hybridized carbons (Fsp3) is 0.400. The molecule has 0 unspecified atom stereocenters. The van der Waals surface area contributed by atoms with Crippen LogP contribution in [-0.2, 0) is 0 Å². The van der Waals surface area contributed by atoms with E-state index in [1.54, 1.807) is 24.3 Å². The predicted molar refractivity (Wildman–Crippen MR) is 74.2 cm³/mol. The van der Waals surface area contributed by atoms with Gasteiger partial charge in [-0.05, 0) is 18.9 Å². The van der Waals surface area contributed by atoms with Crippen LogP contribution in [0.4, 0.5) is 13.2 Å². The van der Waals surface area contributed by atoms with Gasteiger partial charge in [0.1, 0.15) is 0 Å². The maximum atomic E-state index is 12.7. The lowest BCUT2D eigenvalue weighted by Gasteiger charge is -2.33. The van der Waals surface area contributed by atoms with Crippen molar-refractivity contribution in [2.75, 3.05) is 13.1 Å². The van der Waals surface area contributed by atoms with Gasteiger partial charge in [0.2, 0.25) is 0 Å². The van der Waals surface area contributed by atoms with Crippen LogP contribution in [0.1, 0.15) is 23.2 Å². The summed E-state index contributed by atoms with van der Waals surface area (Å²) in [6, 6.07) is 7.09. The number of hydrogen-bond acceptors (Lipinski definition) is 3. The molecule has 116 valence electrons. The van der Waals surface area contributed by atoms with E-state index in [0.717, 1.165) is 0 Å². The predicted octanol–water partition coefficient (Wildman–Crippen LogP) is 3.04. The minimum absolute atomic E-state index is 0.0499. The fourth-order valence-corrected chi connectivity index (χ4v) is 2.76. The van der Waals surface area contributed by atoms with E-state index in [1.807, 2.05) is 0 Å². The molecule has 0 spiro atoms. The van der Waals surface area contributed by atoms with Gasteiger partial charge in [0.05, 0.1) is 23.2 Å². The maximum Gasteiger partial charge on any atom is 0.391 e. The molecule has 0 radical (unpaired) electrons. The standard InChI is InChI=1S/C15H14F3N3O/c16-15(17,18)10-5-7-21(8-6-10)14(22)12-9-19-20-13-4-2-1-3-11(12)13/h1-4,9-10H,5-8H2. The van der Waals surface area contributed by atoms with Gasteiger partial charge in [-0.3, -0.25) is 4.79 Å². The van der Waals surface area contributed by atoms with Gasteiger partial charge in [-0.15, -0.1) is 0 Å². The second kappa shape index (κ2) is 5.55. The number of carbonyl (C=O) groups is 1. The van der Waals surface area contributed by atoms with Crippen molar-refractivity contribution in [1.82, 2.24) is 15.1 Å². The molecule has 0 N–H and O–H groups in total.